The second-order valence-corrected chi connectivity index (χ2v) is 6.89. The second-order valence-electron chi connectivity index (χ2n) is 4.99. The molecule has 5 heteroatoms. The van der Waals surface area contributed by atoms with E-state index in [0.29, 0.717) is 16.2 Å². The Bertz CT molecular complexity index is 467. The molecule has 1 aliphatic rings. The smallest absolute Gasteiger partial charge is 0.280 e. The minimum absolute atomic E-state index is 0.0490. The van der Waals surface area contributed by atoms with E-state index in [0.717, 1.165) is 4.90 Å². The summed E-state index contributed by atoms with van der Waals surface area (Å²) in [5.41, 5.74) is 0.824. The number of hydrogen-bond acceptors (Lipinski definition) is 4. The number of aliphatic hydroxyl groups is 1. The lowest BCUT2D eigenvalue weighted by atomic mass is 10.1. The number of carbonyl (C=O) groups is 1. The average molecular weight is 253 g/mol. The lowest BCUT2D eigenvalue weighted by Crippen LogP contribution is -2.23. The molecule has 1 aromatic rings. The summed E-state index contributed by atoms with van der Waals surface area (Å²) >= 11 is 1.64. The zero-order valence-corrected chi connectivity index (χ0v) is 10.8. The molecule has 0 bridgehead atoms. The molecule has 0 spiro atoms. The van der Waals surface area contributed by atoms with Gasteiger partial charge in [0.2, 0.25) is 0 Å². The highest BCUT2D eigenvalue weighted by atomic mass is 32.2. The third kappa shape index (κ3) is 2.31. The maximum atomic E-state index is 11.6. The van der Waals surface area contributed by atoms with Gasteiger partial charge in [-0.2, -0.15) is 5.06 Å². The van der Waals surface area contributed by atoms with Crippen molar-refractivity contribution in [3.8, 4) is 0 Å². The highest BCUT2D eigenvalue weighted by Gasteiger charge is 2.35. The number of nitrogens with zero attached hydrogens (tertiary/aromatic N) is 1. The van der Waals surface area contributed by atoms with Gasteiger partial charge < -0.3 is 5.11 Å². The number of hydroxylamine groups is 2. The van der Waals surface area contributed by atoms with Crippen molar-refractivity contribution in [2.75, 3.05) is 0 Å². The van der Waals surface area contributed by atoms with E-state index in [9.17, 15) is 15.1 Å². The summed E-state index contributed by atoms with van der Waals surface area (Å²) in [5, 5.41) is 19.3. The summed E-state index contributed by atoms with van der Waals surface area (Å²) in [7, 11) is 0. The summed E-state index contributed by atoms with van der Waals surface area (Å²) < 4.78 is 0.0490. The zero-order valence-electron chi connectivity index (χ0n) is 9.97. The van der Waals surface area contributed by atoms with Crippen molar-refractivity contribution in [3.63, 3.8) is 0 Å². The van der Waals surface area contributed by atoms with Crippen molar-refractivity contribution in [2.45, 2.75) is 36.6 Å². The highest BCUT2D eigenvalue weighted by molar-refractivity contribution is 8.00. The molecule has 1 amide bonds. The quantitative estimate of drug-likeness (QED) is 0.596. The van der Waals surface area contributed by atoms with Gasteiger partial charge in [-0.25, -0.2) is 0 Å². The van der Waals surface area contributed by atoms with Gasteiger partial charge in [0.25, 0.3) is 5.91 Å². The summed E-state index contributed by atoms with van der Waals surface area (Å²) in [6.45, 7) is 6.25. The van der Waals surface area contributed by atoms with E-state index in [2.05, 4.69) is 20.8 Å². The predicted molar refractivity (Wildman–Crippen MR) is 65.0 cm³/mol. The first-order valence-electron chi connectivity index (χ1n) is 5.33. The molecule has 0 aliphatic carbocycles. The van der Waals surface area contributed by atoms with Crippen molar-refractivity contribution in [3.05, 3.63) is 29.3 Å². The number of thioether (sulfide) groups is 1. The molecule has 17 heavy (non-hydrogen) atoms. The molecule has 1 aliphatic heterocycles. The van der Waals surface area contributed by atoms with Gasteiger partial charge in [0.1, 0.15) is 0 Å². The fraction of sp³-hybridized carbons (Fsp3) is 0.417. The van der Waals surface area contributed by atoms with Crippen molar-refractivity contribution in [1.29, 1.82) is 0 Å². The zero-order chi connectivity index (χ0) is 12.8. The fourth-order valence-corrected chi connectivity index (χ4v) is 2.75. The van der Waals surface area contributed by atoms with Crippen molar-refractivity contribution < 1.29 is 15.1 Å². The molecule has 1 heterocycles. The molecule has 92 valence electrons. The Balaban J connectivity index is 2.37. The SMILES string of the molecule is CC(C)(C)Sc1ccc2c(c1)C(=O)N(O)C2O. The molecule has 0 saturated carbocycles. The molecule has 1 unspecified atom stereocenters. The first kappa shape index (κ1) is 12.4. The lowest BCUT2D eigenvalue weighted by Gasteiger charge is -2.17. The number of rotatable bonds is 1. The summed E-state index contributed by atoms with van der Waals surface area (Å²) in [5.74, 6) is -0.552. The first-order valence-corrected chi connectivity index (χ1v) is 6.15. The Hall–Kier alpha value is -1.04. The largest absolute Gasteiger partial charge is 0.367 e. The van der Waals surface area contributed by atoms with Crippen LogP contribution in [0.25, 0.3) is 0 Å². The molecule has 0 fully saturated rings. The predicted octanol–water partition coefficient (Wildman–Crippen LogP) is 2.41. The van der Waals surface area contributed by atoms with Gasteiger partial charge in [-0.15, -0.1) is 11.8 Å². The van der Waals surface area contributed by atoms with Gasteiger partial charge in [0.05, 0.1) is 5.56 Å². The minimum atomic E-state index is -1.24. The lowest BCUT2D eigenvalue weighted by molar-refractivity contribution is -0.152. The molecule has 1 aromatic carbocycles. The number of fused-ring (bicyclic) bond motifs is 1. The molecule has 0 radical (unpaired) electrons. The molecule has 2 N–H and O–H groups in total. The Kier molecular flexibility index (Phi) is 2.93. The van der Waals surface area contributed by atoms with Gasteiger partial charge in [-0.1, -0.05) is 26.8 Å². The van der Waals surface area contributed by atoms with E-state index >= 15 is 0 Å². The van der Waals surface area contributed by atoms with E-state index in [1.807, 2.05) is 6.07 Å². The summed E-state index contributed by atoms with van der Waals surface area (Å²) in [4.78, 5) is 12.6. The van der Waals surface area contributed by atoms with E-state index in [4.69, 9.17) is 0 Å². The van der Waals surface area contributed by atoms with Gasteiger partial charge in [-0.3, -0.25) is 10.0 Å². The molecular formula is C12H15NO3S. The first-order chi connectivity index (χ1) is 7.79. The van der Waals surface area contributed by atoms with Gasteiger partial charge >= 0.3 is 0 Å². The van der Waals surface area contributed by atoms with Crippen LogP contribution in [0.1, 0.15) is 42.9 Å². The van der Waals surface area contributed by atoms with Gasteiger partial charge in [0, 0.05) is 15.2 Å². The monoisotopic (exact) mass is 253 g/mol. The van der Waals surface area contributed by atoms with Crippen LogP contribution in [-0.4, -0.2) is 26.0 Å². The highest BCUT2D eigenvalue weighted by Crippen LogP contribution is 2.37. The third-order valence-corrected chi connectivity index (χ3v) is 3.50. The maximum absolute atomic E-state index is 11.6. The van der Waals surface area contributed by atoms with Gasteiger partial charge in [0.15, 0.2) is 6.23 Å². The maximum Gasteiger partial charge on any atom is 0.280 e. The van der Waals surface area contributed by atoms with E-state index in [1.54, 1.807) is 23.9 Å². The third-order valence-electron chi connectivity index (χ3n) is 2.40. The summed E-state index contributed by atoms with van der Waals surface area (Å²) in [6, 6.07) is 5.25. The van der Waals surface area contributed by atoms with Crippen LogP contribution < -0.4 is 0 Å². The van der Waals surface area contributed by atoms with Crippen LogP contribution in [0.4, 0.5) is 0 Å². The number of benzene rings is 1. The van der Waals surface area contributed by atoms with E-state index in [1.165, 1.54) is 0 Å². The number of aliphatic hydroxyl groups excluding tert-OH is 1. The van der Waals surface area contributed by atoms with Crippen LogP contribution in [0, 0.1) is 0 Å². The Morgan fingerprint density at radius 3 is 2.59 bits per heavy atom. The minimum Gasteiger partial charge on any atom is -0.367 e. The molecule has 0 saturated heterocycles. The fourth-order valence-electron chi connectivity index (χ4n) is 1.73. The molecule has 1 atom stereocenters. The number of carbonyl (C=O) groups excluding carboxylic acids is 1. The molecular weight excluding hydrogens is 238 g/mol. The molecule has 4 nitrogen and oxygen atoms in total. The van der Waals surface area contributed by atoms with E-state index < -0.39 is 12.1 Å². The van der Waals surface area contributed by atoms with Crippen LogP contribution in [0.15, 0.2) is 23.1 Å². The number of hydrogen-bond donors (Lipinski definition) is 2. The Morgan fingerprint density at radius 2 is 2.00 bits per heavy atom. The number of amides is 1. The second kappa shape index (κ2) is 4.01. The standard InChI is InChI=1S/C12H15NO3S/c1-12(2,3)17-7-4-5-8-9(6-7)11(15)13(16)10(8)14/h4-6,10,14,16H,1-3H3. The molecule has 0 aromatic heterocycles. The van der Waals surface area contributed by atoms with Crippen molar-refractivity contribution >= 4 is 17.7 Å². The van der Waals surface area contributed by atoms with E-state index in [-0.39, 0.29) is 4.75 Å². The van der Waals surface area contributed by atoms with Gasteiger partial charge in [-0.05, 0) is 12.1 Å². The topological polar surface area (TPSA) is 60.8 Å². The van der Waals surface area contributed by atoms with Crippen LogP contribution >= 0.6 is 11.8 Å². The molecule has 2 rings (SSSR count). The average Bonchev–Trinajstić information content (AvgIpc) is 2.42. The van der Waals surface area contributed by atoms with Crippen LogP contribution in [0.3, 0.4) is 0 Å². The Labute approximate surface area is 104 Å². The summed E-state index contributed by atoms with van der Waals surface area (Å²) in [6.07, 6.45) is -1.24. The van der Waals surface area contributed by atoms with Crippen LogP contribution in [0.2, 0.25) is 0 Å². The van der Waals surface area contributed by atoms with Crippen molar-refractivity contribution in [2.24, 2.45) is 0 Å². The Morgan fingerprint density at radius 1 is 1.35 bits per heavy atom. The van der Waals surface area contributed by atoms with Crippen molar-refractivity contribution in [1.82, 2.24) is 5.06 Å². The normalized spacial score (nSPS) is 19.7. The van der Waals surface area contributed by atoms with Crippen LogP contribution in [0.5, 0.6) is 0 Å². The van der Waals surface area contributed by atoms with Crippen LogP contribution in [-0.2, 0) is 0 Å².